The van der Waals surface area contributed by atoms with Crippen molar-refractivity contribution >= 4 is 29.9 Å². The van der Waals surface area contributed by atoms with E-state index in [1.54, 1.807) is 20.4 Å². The number of guanidine groups is 1. The van der Waals surface area contributed by atoms with Gasteiger partial charge in [0, 0.05) is 33.8 Å². The molecule has 7 heteroatoms. The van der Waals surface area contributed by atoms with Gasteiger partial charge in [-0.1, -0.05) is 45.0 Å². The van der Waals surface area contributed by atoms with E-state index in [0.717, 1.165) is 24.8 Å². The van der Waals surface area contributed by atoms with Crippen LogP contribution in [0.2, 0.25) is 0 Å². The maximum Gasteiger partial charge on any atom is 0.191 e. The fourth-order valence-corrected chi connectivity index (χ4v) is 3.23. The van der Waals surface area contributed by atoms with Crippen LogP contribution in [0.4, 0.5) is 0 Å². The van der Waals surface area contributed by atoms with Gasteiger partial charge in [0.25, 0.3) is 0 Å². The molecule has 0 radical (unpaired) electrons. The van der Waals surface area contributed by atoms with Gasteiger partial charge in [-0.25, -0.2) is 0 Å². The van der Waals surface area contributed by atoms with E-state index in [2.05, 4.69) is 72.6 Å². The van der Waals surface area contributed by atoms with Crippen molar-refractivity contribution in [1.82, 2.24) is 15.5 Å². The number of hydrogen-bond donors (Lipinski definition) is 2. The zero-order chi connectivity index (χ0) is 21.3. The maximum atomic E-state index is 5.62. The molecule has 0 aliphatic rings. The van der Waals surface area contributed by atoms with Crippen LogP contribution < -0.4 is 10.6 Å². The van der Waals surface area contributed by atoms with Crippen molar-refractivity contribution < 1.29 is 9.15 Å². The second kappa shape index (κ2) is 13.0. The highest BCUT2D eigenvalue weighted by Gasteiger charge is 2.24. The van der Waals surface area contributed by atoms with E-state index >= 15 is 0 Å². The van der Waals surface area contributed by atoms with Crippen molar-refractivity contribution in [3.8, 4) is 0 Å². The normalized spacial score (nSPS) is 13.1. The molecule has 0 spiro atoms. The minimum absolute atomic E-state index is 0. The molecule has 0 saturated heterocycles. The lowest BCUT2D eigenvalue weighted by Crippen LogP contribution is -2.45. The van der Waals surface area contributed by atoms with Crippen LogP contribution in [0.15, 0.2) is 52.1 Å². The van der Waals surface area contributed by atoms with E-state index in [1.165, 1.54) is 11.1 Å². The fraction of sp³-hybridized carbons (Fsp3) is 0.522. The van der Waals surface area contributed by atoms with Gasteiger partial charge in [-0.3, -0.25) is 9.89 Å². The van der Waals surface area contributed by atoms with Gasteiger partial charge < -0.3 is 19.8 Å². The Hall–Kier alpha value is -1.58. The molecule has 2 rings (SSSR count). The van der Waals surface area contributed by atoms with Gasteiger partial charge in [0.15, 0.2) is 5.96 Å². The molecule has 0 amide bonds. The van der Waals surface area contributed by atoms with Gasteiger partial charge in [0.1, 0.15) is 5.76 Å². The molecule has 0 saturated carbocycles. The van der Waals surface area contributed by atoms with Crippen LogP contribution >= 0.6 is 24.0 Å². The van der Waals surface area contributed by atoms with Crippen LogP contribution in [0.1, 0.15) is 37.7 Å². The van der Waals surface area contributed by atoms with Gasteiger partial charge in [0.05, 0.1) is 18.9 Å². The van der Waals surface area contributed by atoms with E-state index in [4.69, 9.17) is 9.15 Å². The standard InChI is InChI=1S/C23H36N4O2.HI/c1-23(2,3)21(28-6)15-26-22(24-4)25-14-18-10-7-8-11-19(18)16-27(5)17-20-12-9-13-29-20;/h7-13,21H,14-17H2,1-6H3,(H2,24,25,26);1H. The summed E-state index contributed by atoms with van der Waals surface area (Å²) in [7, 11) is 5.64. The largest absolute Gasteiger partial charge is 0.468 e. The van der Waals surface area contributed by atoms with Crippen LogP contribution in [0.3, 0.4) is 0 Å². The summed E-state index contributed by atoms with van der Waals surface area (Å²) in [4.78, 5) is 6.60. The molecule has 1 aromatic heterocycles. The third-order valence-electron chi connectivity index (χ3n) is 4.94. The molecule has 0 aliphatic heterocycles. The van der Waals surface area contributed by atoms with E-state index < -0.39 is 0 Å². The Morgan fingerprint density at radius 1 is 1.10 bits per heavy atom. The number of benzene rings is 1. The molecule has 1 atom stereocenters. The van der Waals surface area contributed by atoms with Crippen molar-refractivity contribution in [2.45, 2.75) is 46.5 Å². The van der Waals surface area contributed by atoms with Gasteiger partial charge in [0.2, 0.25) is 0 Å². The Balaban J connectivity index is 0.00000450. The number of rotatable bonds is 9. The highest BCUT2D eigenvalue weighted by Crippen LogP contribution is 2.21. The SMILES string of the molecule is CN=C(NCc1ccccc1CN(C)Cc1ccco1)NCC(OC)C(C)(C)C.I. The molecule has 1 heterocycles. The number of methoxy groups -OCH3 is 1. The summed E-state index contributed by atoms with van der Waals surface area (Å²) < 4.78 is 11.1. The summed E-state index contributed by atoms with van der Waals surface area (Å²) in [5.74, 6) is 1.74. The lowest BCUT2D eigenvalue weighted by molar-refractivity contribution is 0.0205. The molecule has 0 fully saturated rings. The molecule has 168 valence electrons. The van der Waals surface area contributed by atoms with Crippen molar-refractivity contribution in [2.75, 3.05) is 27.7 Å². The van der Waals surface area contributed by atoms with Crippen LogP contribution in [0, 0.1) is 5.41 Å². The third kappa shape index (κ3) is 8.65. The Morgan fingerprint density at radius 2 is 1.80 bits per heavy atom. The first-order chi connectivity index (χ1) is 13.8. The Morgan fingerprint density at radius 3 is 2.37 bits per heavy atom. The predicted octanol–water partition coefficient (Wildman–Crippen LogP) is 4.26. The first-order valence-electron chi connectivity index (χ1n) is 10.1. The van der Waals surface area contributed by atoms with Crippen molar-refractivity contribution in [2.24, 2.45) is 10.4 Å². The van der Waals surface area contributed by atoms with Crippen molar-refractivity contribution in [3.63, 3.8) is 0 Å². The molecule has 0 bridgehead atoms. The predicted molar refractivity (Wildman–Crippen MR) is 134 cm³/mol. The first kappa shape index (κ1) is 26.5. The van der Waals surface area contributed by atoms with Crippen LogP contribution in [-0.2, 0) is 24.4 Å². The molecule has 2 aromatic rings. The third-order valence-corrected chi connectivity index (χ3v) is 4.94. The Bertz CT molecular complexity index is 757. The highest BCUT2D eigenvalue weighted by atomic mass is 127. The number of hydrogen-bond acceptors (Lipinski definition) is 4. The number of nitrogens with one attached hydrogen (secondary N) is 2. The Labute approximate surface area is 198 Å². The monoisotopic (exact) mass is 528 g/mol. The maximum absolute atomic E-state index is 5.62. The zero-order valence-corrected chi connectivity index (χ0v) is 21.4. The lowest BCUT2D eigenvalue weighted by atomic mass is 9.89. The molecular weight excluding hydrogens is 491 g/mol. The van der Waals surface area contributed by atoms with E-state index in [9.17, 15) is 0 Å². The molecule has 0 aliphatic carbocycles. The first-order valence-corrected chi connectivity index (χ1v) is 10.1. The summed E-state index contributed by atoms with van der Waals surface area (Å²) in [6.45, 7) is 9.56. The molecule has 1 aromatic carbocycles. The number of aliphatic imine (C=N–C) groups is 1. The lowest BCUT2D eigenvalue weighted by Gasteiger charge is -2.30. The molecule has 30 heavy (non-hydrogen) atoms. The van der Waals surface area contributed by atoms with Gasteiger partial charge in [-0.2, -0.15) is 0 Å². The molecule has 2 N–H and O–H groups in total. The zero-order valence-electron chi connectivity index (χ0n) is 19.1. The number of nitrogens with zero attached hydrogens (tertiary/aromatic N) is 2. The number of furan rings is 1. The van der Waals surface area contributed by atoms with Crippen LogP contribution in [0.5, 0.6) is 0 Å². The van der Waals surface area contributed by atoms with E-state index in [-0.39, 0.29) is 35.5 Å². The van der Waals surface area contributed by atoms with Crippen LogP contribution in [-0.4, -0.2) is 44.7 Å². The molecule has 1 unspecified atom stereocenters. The highest BCUT2D eigenvalue weighted by molar-refractivity contribution is 14.0. The summed E-state index contributed by atoms with van der Waals surface area (Å²) in [6.07, 6.45) is 1.82. The summed E-state index contributed by atoms with van der Waals surface area (Å²) >= 11 is 0. The fourth-order valence-electron chi connectivity index (χ4n) is 3.23. The average molecular weight is 528 g/mol. The minimum atomic E-state index is 0. The smallest absolute Gasteiger partial charge is 0.191 e. The van der Waals surface area contributed by atoms with Gasteiger partial charge in [-0.05, 0) is 35.7 Å². The number of ether oxygens (including phenoxy) is 1. The van der Waals surface area contributed by atoms with Crippen molar-refractivity contribution in [3.05, 3.63) is 59.5 Å². The summed E-state index contributed by atoms with van der Waals surface area (Å²) in [6, 6.07) is 12.4. The average Bonchev–Trinajstić information content (AvgIpc) is 3.17. The van der Waals surface area contributed by atoms with E-state index in [0.29, 0.717) is 13.1 Å². The number of halogens is 1. The topological polar surface area (TPSA) is 62.0 Å². The van der Waals surface area contributed by atoms with Gasteiger partial charge in [-0.15, -0.1) is 24.0 Å². The summed E-state index contributed by atoms with van der Waals surface area (Å²) in [5, 5.41) is 6.80. The van der Waals surface area contributed by atoms with Gasteiger partial charge >= 0.3 is 0 Å². The second-order valence-corrected chi connectivity index (χ2v) is 8.42. The van der Waals surface area contributed by atoms with Crippen LogP contribution in [0.25, 0.3) is 0 Å². The van der Waals surface area contributed by atoms with Crippen molar-refractivity contribution in [1.29, 1.82) is 0 Å². The molecule has 6 nitrogen and oxygen atoms in total. The Kier molecular flexibility index (Phi) is 11.4. The van der Waals surface area contributed by atoms with E-state index in [1.807, 2.05) is 12.1 Å². The quantitative estimate of drug-likeness (QED) is 0.290. The summed E-state index contributed by atoms with van der Waals surface area (Å²) in [5.41, 5.74) is 2.60. The minimum Gasteiger partial charge on any atom is -0.468 e. The molecular formula is C23H37IN4O2. The second-order valence-electron chi connectivity index (χ2n) is 8.42.